The summed E-state index contributed by atoms with van der Waals surface area (Å²) < 4.78 is 11.3. The highest BCUT2D eigenvalue weighted by Gasteiger charge is 2.23. The molecule has 1 aliphatic rings. The van der Waals surface area contributed by atoms with Crippen molar-refractivity contribution in [3.8, 4) is 17.6 Å². The van der Waals surface area contributed by atoms with Crippen LogP contribution in [0.25, 0.3) is 0 Å². The van der Waals surface area contributed by atoms with Crippen LogP contribution < -0.4 is 14.8 Å². The van der Waals surface area contributed by atoms with E-state index in [1.165, 1.54) is 19.3 Å². The zero-order valence-electron chi connectivity index (χ0n) is 14.9. The number of benzene rings is 1. The summed E-state index contributed by atoms with van der Waals surface area (Å²) in [5.41, 5.74) is 0.967. The lowest BCUT2D eigenvalue weighted by Gasteiger charge is -2.31. The van der Waals surface area contributed by atoms with Crippen molar-refractivity contribution in [1.29, 1.82) is 5.26 Å². The van der Waals surface area contributed by atoms with Crippen LogP contribution in [-0.2, 0) is 0 Å². The van der Waals surface area contributed by atoms with Gasteiger partial charge in [0.25, 0.3) is 0 Å². The molecule has 24 heavy (non-hydrogen) atoms. The van der Waals surface area contributed by atoms with Gasteiger partial charge < -0.3 is 14.8 Å². The van der Waals surface area contributed by atoms with Gasteiger partial charge in [-0.3, -0.25) is 4.90 Å². The molecule has 2 rings (SSSR count). The molecule has 0 amide bonds. The molecule has 5 nitrogen and oxygen atoms in total. The minimum absolute atomic E-state index is 0.236. The number of methoxy groups -OCH3 is 1. The number of nitrogens with zero attached hydrogens (tertiary/aromatic N) is 2. The molecule has 132 valence electrons. The lowest BCUT2D eigenvalue weighted by atomic mass is 10.0. The smallest absolute Gasteiger partial charge is 0.161 e. The van der Waals surface area contributed by atoms with Crippen LogP contribution >= 0.6 is 0 Å². The van der Waals surface area contributed by atoms with Crippen LogP contribution in [0.15, 0.2) is 18.2 Å². The van der Waals surface area contributed by atoms with E-state index in [4.69, 9.17) is 9.47 Å². The first-order chi connectivity index (χ1) is 11.8. The third kappa shape index (κ3) is 5.12. The van der Waals surface area contributed by atoms with Gasteiger partial charge in [-0.15, -0.1) is 0 Å². The number of ether oxygens (including phenoxy) is 2. The van der Waals surface area contributed by atoms with Crippen molar-refractivity contribution in [2.75, 3.05) is 39.9 Å². The molecule has 1 saturated heterocycles. The van der Waals surface area contributed by atoms with Gasteiger partial charge in [0, 0.05) is 26.2 Å². The fourth-order valence-electron chi connectivity index (χ4n) is 2.99. The van der Waals surface area contributed by atoms with Crippen LogP contribution in [0.2, 0.25) is 0 Å². The molecule has 1 atom stereocenters. The zero-order chi connectivity index (χ0) is 17.2. The van der Waals surface area contributed by atoms with Crippen molar-refractivity contribution in [3.63, 3.8) is 0 Å². The second-order valence-electron chi connectivity index (χ2n) is 6.14. The van der Waals surface area contributed by atoms with Gasteiger partial charge in [-0.1, -0.05) is 32.3 Å². The first-order valence-corrected chi connectivity index (χ1v) is 8.95. The molecule has 5 heteroatoms. The maximum absolute atomic E-state index is 9.60. The van der Waals surface area contributed by atoms with Crippen LogP contribution in [0.5, 0.6) is 11.5 Å². The number of hydrogen-bond acceptors (Lipinski definition) is 5. The van der Waals surface area contributed by atoms with Gasteiger partial charge in [0.15, 0.2) is 11.5 Å². The predicted octanol–water partition coefficient (Wildman–Crippen LogP) is 3.12. The van der Waals surface area contributed by atoms with Crippen LogP contribution in [0.1, 0.15) is 44.2 Å². The number of hydrogen-bond donors (Lipinski definition) is 1. The molecular formula is C19H29N3O2. The highest BCUT2D eigenvalue weighted by molar-refractivity contribution is 5.45. The first-order valence-electron chi connectivity index (χ1n) is 8.95. The summed E-state index contributed by atoms with van der Waals surface area (Å²) in [6.07, 6.45) is 4.71. The summed E-state index contributed by atoms with van der Waals surface area (Å²) in [7, 11) is 1.65. The van der Waals surface area contributed by atoms with Crippen molar-refractivity contribution in [1.82, 2.24) is 10.2 Å². The fourth-order valence-corrected chi connectivity index (χ4v) is 2.99. The van der Waals surface area contributed by atoms with E-state index in [0.717, 1.165) is 43.9 Å². The van der Waals surface area contributed by atoms with Gasteiger partial charge in [0.05, 0.1) is 19.8 Å². The Labute approximate surface area is 145 Å². The molecule has 0 bridgehead atoms. The van der Waals surface area contributed by atoms with E-state index >= 15 is 0 Å². The summed E-state index contributed by atoms with van der Waals surface area (Å²) in [6, 6.07) is 8.05. The van der Waals surface area contributed by atoms with Gasteiger partial charge in [0.1, 0.15) is 6.04 Å². The van der Waals surface area contributed by atoms with E-state index in [-0.39, 0.29) is 6.04 Å². The standard InChI is InChI=1S/C19H29N3O2/c1-3-4-5-6-13-24-18-8-7-16(14-19(18)23-2)17(15-20)22-11-9-21-10-12-22/h7-8,14,17,21H,3-6,9-13H2,1-2H3. The Morgan fingerprint density at radius 3 is 2.67 bits per heavy atom. The van der Waals surface area contributed by atoms with E-state index in [1.807, 2.05) is 18.2 Å². The summed E-state index contributed by atoms with van der Waals surface area (Å²) in [5.74, 6) is 1.47. The second-order valence-corrected chi connectivity index (χ2v) is 6.14. The molecule has 1 aliphatic heterocycles. The fraction of sp³-hybridized carbons (Fsp3) is 0.632. The number of nitrogens with one attached hydrogen (secondary N) is 1. The van der Waals surface area contributed by atoms with Crippen molar-refractivity contribution >= 4 is 0 Å². The SMILES string of the molecule is CCCCCCOc1ccc(C(C#N)N2CCNCC2)cc1OC. The highest BCUT2D eigenvalue weighted by atomic mass is 16.5. The number of piperazine rings is 1. The zero-order valence-corrected chi connectivity index (χ0v) is 14.9. The van der Waals surface area contributed by atoms with Gasteiger partial charge in [-0.2, -0.15) is 5.26 Å². The normalized spacial score (nSPS) is 16.4. The number of unbranched alkanes of at least 4 members (excludes halogenated alkanes) is 3. The van der Waals surface area contributed by atoms with E-state index < -0.39 is 0 Å². The third-order valence-corrected chi connectivity index (χ3v) is 4.40. The van der Waals surface area contributed by atoms with Crippen molar-refractivity contribution in [3.05, 3.63) is 23.8 Å². The Morgan fingerprint density at radius 1 is 1.21 bits per heavy atom. The second kappa shape index (κ2) is 10.2. The topological polar surface area (TPSA) is 57.5 Å². The monoisotopic (exact) mass is 331 g/mol. The van der Waals surface area contributed by atoms with E-state index in [2.05, 4.69) is 23.2 Å². The first kappa shape index (κ1) is 18.6. The minimum atomic E-state index is -0.236. The van der Waals surface area contributed by atoms with E-state index in [1.54, 1.807) is 7.11 Å². The lowest BCUT2D eigenvalue weighted by molar-refractivity contribution is 0.207. The molecule has 0 spiro atoms. The Morgan fingerprint density at radius 2 is 2.00 bits per heavy atom. The van der Waals surface area contributed by atoms with Crippen molar-refractivity contribution < 1.29 is 9.47 Å². The van der Waals surface area contributed by atoms with Crippen LogP contribution in [0.3, 0.4) is 0 Å². The summed E-state index contributed by atoms with van der Waals surface area (Å²) in [6.45, 7) is 6.52. The largest absolute Gasteiger partial charge is 0.493 e. The van der Waals surface area contributed by atoms with Gasteiger partial charge >= 0.3 is 0 Å². The molecule has 0 aromatic heterocycles. The molecule has 1 aromatic rings. The quantitative estimate of drug-likeness (QED) is 0.705. The molecule has 1 heterocycles. The van der Waals surface area contributed by atoms with Crippen LogP contribution in [-0.4, -0.2) is 44.8 Å². The molecule has 1 unspecified atom stereocenters. The minimum Gasteiger partial charge on any atom is -0.493 e. The molecule has 1 aromatic carbocycles. The molecule has 0 saturated carbocycles. The molecule has 0 radical (unpaired) electrons. The average Bonchev–Trinajstić information content (AvgIpc) is 2.63. The number of rotatable bonds is 9. The summed E-state index contributed by atoms with van der Waals surface area (Å²) in [4.78, 5) is 2.20. The highest BCUT2D eigenvalue weighted by Crippen LogP contribution is 2.32. The van der Waals surface area contributed by atoms with Crippen LogP contribution in [0.4, 0.5) is 0 Å². The van der Waals surface area contributed by atoms with Crippen molar-refractivity contribution in [2.45, 2.75) is 38.6 Å². The molecule has 0 aliphatic carbocycles. The Kier molecular flexibility index (Phi) is 7.87. The van der Waals surface area contributed by atoms with Crippen molar-refractivity contribution in [2.24, 2.45) is 0 Å². The van der Waals surface area contributed by atoms with Gasteiger partial charge in [-0.25, -0.2) is 0 Å². The average molecular weight is 331 g/mol. The maximum Gasteiger partial charge on any atom is 0.161 e. The molecule has 1 fully saturated rings. The maximum atomic E-state index is 9.60. The lowest BCUT2D eigenvalue weighted by Crippen LogP contribution is -2.44. The van der Waals surface area contributed by atoms with E-state index in [0.29, 0.717) is 12.4 Å². The Bertz CT molecular complexity index is 536. The third-order valence-electron chi connectivity index (χ3n) is 4.40. The van der Waals surface area contributed by atoms with Gasteiger partial charge in [-0.05, 0) is 24.1 Å². The van der Waals surface area contributed by atoms with Gasteiger partial charge in [0.2, 0.25) is 0 Å². The molecular weight excluding hydrogens is 302 g/mol. The Hall–Kier alpha value is -1.77. The summed E-state index contributed by atoms with van der Waals surface area (Å²) in [5, 5.41) is 12.9. The predicted molar refractivity (Wildman–Crippen MR) is 95.4 cm³/mol. The number of nitriles is 1. The summed E-state index contributed by atoms with van der Waals surface area (Å²) >= 11 is 0. The Balaban J connectivity index is 2.02. The van der Waals surface area contributed by atoms with Crippen LogP contribution in [0, 0.1) is 11.3 Å². The van der Waals surface area contributed by atoms with E-state index in [9.17, 15) is 5.26 Å². The molecule has 1 N–H and O–H groups in total.